The van der Waals surface area contributed by atoms with Crippen molar-refractivity contribution < 1.29 is 13.9 Å². The molecular formula is C23H23FN8O2S. The summed E-state index contributed by atoms with van der Waals surface area (Å²) >= 11 is 1.57. The van der Waals surface area contributed by atoms with Crippen LogP contribution in [0.3, 0.4) is 0 Å². The number of hydrogen-bond acceptors (Lipinski definition) is 9. The molecule has 5 aromatic rings. The van der Waals surface area contributed by atoms with E-state index in [2.05, 4.69) is 25.4 Å². The van der Waals surface area contributed by atoms with Gasteiger partial charge in [-0.15, -0.1) is 0 Å². The number of rotatable bonds is 6. The fourth-order valence-electron chi connectivity index (χ4n) is 4.40. The Hall–Kier alpha value is -3.77. The van der Waals surface area contributed by atoms with Crippen LogP contribution in [0.15, 0.2) is 43.0 Å². The lowest BCUT2D eigenvalue weighted by Gasteiger charge is -2.17. The van der Waals surface area contributed by atoms with Crippen LogP contribution in [0.1, 0.15) is 12.6 Å². The number of fused-ring (bicyclic) bond motifs is 2. The number of ether oxygens (including phenoxy) is 2. The third-order valence-corrected chi connectivity index (χ3v) is 7.09. The zero-order valence-corrected chi connectivity index (χ0v) is 19.9. The Kier molecular flexibility index (Phi) is 5.26. The summed E-state index contributed by atoms with van der Waals surface area (Å²) in [5, 5.41) is 8.98. The number of nitrogens with one attached hydrogen (secondary N) is 1. The Balaban J connectivity index is 1.24. The number of hydrogen-bond donors (Lipinski definition) is 2. The molecule has 6 rings (SSSR count). The topological polar surface area (TPSA) is 118 Å². The molecule has 0 radical (unpaired) electrons. The smallest absolute Gasteiger partial charge is 0.183 e. The number of aromatic nitrogens is 6. The Bertz CT molecular complexity index is 1530. The molecule has 10 nitrogen and oxygen atoms in total. The summed E-state index contributed by atoms with van der Waals surface area (Å²) in [6, 6.07) is 7.60. The standard InChI is InChI=1S/C23H23FN8O2S/c1-26-23-29-17-8-12(3-4-18(17)35-23)33-10-13-7-15(24)22(34-13)32-9-14(16-5-6-31(2)30-16)19-20(25)27-11-28-21(19)32/h3-6,8-9,11,13,15,22H,7,10H2,1-2H3,(H,26,29)(H2,25,27,28)/t13-,15-,22+/m0/s1. The average molecular weight is 495 g/mol. The third-order valence-electron chi connectivity index (χ3n) is 6.04. The first kappa shape index (κ1) is 21.7. The number of nitrogens with two attached hydrogens (primary N) is 1. The van der Waals surface area contributed by atoms with E-state index in [4.69, 9.17) is 15.2 Å². The molecule has 0 spiro atoms. The van der Waals surface area contributed by atoms with Crippen LogP contribution in [-0.2, 0) is 11.8 Å². The van der Waals surface area contributed by atoms with Crippen LogP contribution in [0.5, 0.6) is 5.75 Å². The molecule has 1 aromatic carbocycles. The van der Waals surface area contributed by atoms with E-state index < -0.39 is 18.5 Å². The Morgan fingerprint density at radius 2 is 2.20 bits per heavy atom. The first-order chi connectivity index (χ1) is 17.0. The quantitative estimate of drug-likeness (QED) is 0.366. The Morgan fingerprint density at radius 3 is 3.00 bits per heavy atom. The Morgan fingerprint density at radius 1 is 1.31 bits per heavy atom. The largest absolute Gasteiger partial charge is 0.491 e. The second-order valence-electron chi connectivity index (χ2n) is 8.39. The minimum atomic E-state index is -1.24. The van der Waals surface area contributed by atoms with Crippen molar-refractivity contribution in [2.45, 2.75) is 24.9 Å². The van der Waals surface area contributed by atoms with E-state index in [-0.39, 0.29) is 13.0 Å². The molecule has 1 fully saturated rings. The molecule has 1 saturated heterocycles. The van der Waals surface area contributed by atoms with Crippen LogP contribution in [0, 0.1) is 0 Å². The van der Waals surface area contributed by atoms with Gasteiger partial charge in [-0.1, -0.05) is 11.3 Å². The molecule has 35 heavy (non-hydrogen) atoms. The zero-order valence-electron chi connectivity index (χ0n) is 19.1. The van der Waals surface area contributed by atoms with E-state index in [1.54, 1.807) is 26.8 Å². The van der Waals surface area contributed by atoms with Crippen molar-refractivity contribution in [1.82, 2.24) is 29.3 Å². The van der Waals surface area contributed by atoms with Gasteiger partial charge in [-0.05, 0) is 18.2 Å². The lowest BCUT2D eigenvalue weighted by atomic mass is 10.2. The highest BCUT2D eigenvalue weighted by Crippen LogP contribution is 2.39. The normalized spacial score (nSPS) is 20.1. The summed E-state index contributed by atoms with van der Waals surface area (Å²) in [6.45, 7) is 0.217. The van der Waals surface area contributed by atoms with Gasteiger partial charge in [-0.25, -0.2) is 19.3 Å². The highest BCUT2D eigenvalue weighted by molar-refractivity contribution is 7.22. The summed E-state index contributed by atoms with van der Waals surface area (Å²) < 4.78 is 31.7. The molecule has 5 heterocycles. The van der Waals surface area contributed by atoms with E-state index in [9.17, 15) is 0 Å². The highest BCUT2D eigenvalue weighted by Gasteiger charge is 2.38. The molecule has 0 unspecified atom stereocenters. The summed E-state index contributed by atoms with van der Waals surface area (Å²) in [5.74, 6) is 0.971. The van der Waals surface area contributed by atoms with Crippen molar-refractivity contribution in [3.8, 4) is 17.0 Å². The Labute approximate surface area is 203 Å². The van der Waals surface area contributed by atoms with Crippen molar-refractivity contribution in [2.24, 2.45) is 7.05 Å². The van der Waals surface area contributed by atoms with Crippen LogP contribution in [0.4, 0.5) is 15.3 Å². The van der Waals surface area contributed by atoms with Gasteiger partial charge in [0.2, 0.25) is 0 Å². The van der Waals surface area contributed by atoms with Crippen LogP contribution in [0.25, 0.3) is 32.5 Å². The molecule has 0 saturated carbocycles. The van der Waals surface area contributed by atoms with Crippen molar-refractivity contribution in [1.29, 1.82) is 0 Å². The van der Waals surface area contributed by atoms with Gasteiger partial charge in [-0.2, -0.15) is 5.10 Å². The van der Waals surface area contributed by atoms with Crippen LogP contribution in [-0.4, -0.2) is 55.2 Å². The van der Waals surface area contributed by atoms with E-state index >= 15 is 4.39 Å². The number of alkyl halides is 1. The van der Waals surface area contributed by atoms with E-state index in [1.807, 2.05) is 44.6 Å². The maximum atomic E-state index is 15.2. The minimum absolute atomic E-state index is 0.201. The van der Waals surface area contributed by atoms with Gasteiger partial charge >= 0.3 is 0 Å². The van der Waals surface area contributed by atoms with Gasteiger partial charge < -0.3 is 25.1 Å². The van der Waals surface area contributed by atoms with Gasteiger partial charge in [0.1, 0.15) is 36.3 Å². The molecule has 1 aliphatic heterocycles. The van der Waals surface area contributed by atoms with E-state index in [0.717, 1.165) is 20.9 Å². The molecule has 180 valence electrons. The first-order valence-corrected chi connectivity index (χ1v) is 11.9. The second kappa shape index (κ2) is 8.47. The SMILES string of the molecule is CNc1nc2cc(OC[C@@H]3C[C@H](F)[C@H](n4cc(-c5ccn(C)n5)c5c(N)ncnc54)O3)ccc2s1. The maximum absolute atomic E-state index is 15.2. The van der Waals surface area contributed by atoms with Crippen LogP contribution < -0.4 is 15.8 Å². The van der Waals surface area contributed by atoms with Gasteiger partial charge in [0.15, 0.2) is 11.4 Å². The van der Waals surface area contributed by atoms with Crippen molar-refractivity contribution in [3.05, 3.63) is 43.0 Å². The summed E-state index contributed by atoms with van der Waals surface area (Å²) in [7, 11) is 3.67. The van der Waals surface area contributed by atoms with Gasteiger partial charge in [-0.3, -0.25) is 4.68 Å². The number of anilines is 2. The number of benzene rings is 1. The molecule has 3 N–H and O–H groups in total. The predicted octanol–water partition coefficient (Wildman–Crippen LogP) is 3.77. The second-order valence-corrected chi connectivity index (χ2v) is 9.42. The fraction of sp³-hybridized carbons (Fsp3) is 0.304. The lowest BCUT2D eigenvalue weighted by Crippen LogP contribution is -2.19. The van der Waals surface area contributed by atoms with Crippen molar-refractivity contribution in [3.63, 3.8) is 0 Å². The average Bonchev–Trinajstić information content (AvgIpc) is 3.62. The predicted molar refractivity (Wildman–Crippen MR) is 132 cm³/mol. The summed E-state index contributed by atoms with van der Waals surface area (Å²) in [5.41, 5.74) is 8.95. The number of aryl methyl sites for hydroxylation is 1. The molecule has 12 heteroatoms. The fourth-order valence-corrected chi connectivity index (χ4v) is 5.20. The summed E-state index contributed by atoms with van der Waals surface area (Å²) in [4.78, 5) is 13.0. The number of halogens is 1. The van der Waals surface area contributed by atoms with E-state index in [1.165, 1.54) is 6.33 Å². The number of thiazole rings is 1. The van der Waals surface area contributed by atoms with E-state index in [0.29, 0.717) is 28.3 Å². The molecular weight excluding hydrogens is 471 g/mol. The van der Waals surface area contributed by atoms with Gasteiger partial charge in [0, 0.05) is 44.5 Å². The maximum Gasteiger partial charge on any atom is 0.183 e. The summed E-state index contributed by atoms with van der Waals surface area (Å²) in [6.07, 6.45) is 2.65. The van der Waals surface area contributed by atoms with Crippen molar-refractivity contribution in [2.75, 3.05) is 24.7 Å². The molecule has 0 aliphatic carbocycles. The first-order valence-electron chi connectivity index (χ1n) is 11.1. The molecule has 3 atom stereocenters. The van der Waals surface area contributed by atoms with Crippen molar-refractivity contribution >= 4 is 43.5 Å². The van der Waals surface area contributed by atoms with Gasteiger partial charge in [0.25, 0.3) is 0 Å². The molecule has 4 aromatic heterocycles. The highest BCUT2D eigenvalue weighted by atomic mass is 32.1. The molecule has 0 bridgehead atoms. The number of nitrogens with zero attached hydrogens (tertiary/aromatic N) is 6. The monoisotopic (exact) mass is 494 g/mol. The minimum Gasteiger partial charge on any atom is -0.491 e. The van der Waals surface area contributed by atoms with Crippen LogP contribution in [0.2, 0.25) is 0 Å². The molecule has 1 aliphatic rings. The molecule has 0 amide bonds. The lowest BCUT2D eigenvalue weighted by molar-refractivity contribution is -0.0309. The number of nitrogen functional groups attached to an aromatic ring is 1. The van der Waals surface area contributed by atoms with Gasteiger partial charge in [0.05, 0.1) is 27.4 Å². The zero-order chi connectivity index (χ0) is 24.1. The third kappa shape index (κ3) is 3.84. The van der Waals surface area contributed by atoms with Crippen LogP contribution >= 0.6 is 11.3 Å².